The summed E-state index contributed by atoms with van der Waals surface area (Å²) in [5, 5.41) is 5.47. The molecule has 615 valence electrons. The van der Waals surface area contributed by atoms with E-state index in [-0.39, 0.29) is 110 Å². The molecule has 0 spiro atoms. The minimum absolute atomic E-state index is 0. The van der Waals surface area contributed by atoms with Gasteiger partial charge in [-0.2, -0.15) is 0 Å². The Balaban J connectivity index is -0.000000322. The van der Waals surface area contributed by atoms with Crippen molar-refractivity contribution in [2.45, 2.75) is 186 Å². The maximum absolute atomic E-state index is 7.75. The number of aryl methyl sites for hydroxylation is 1. The van der Waals surface area contributed by atoms with Crippen LogP contribution in [0.25, 0.3) is 0 Å². The summed E-state index contributed by atoms with van der Waals surface area (Å²) in [6, 6.07) is 60.1. The van der Waals surface area contributed by atoms with Crippen LogP contribution in [0, 0.1) is 12.8 Å². The molecule has 0 aliphatic rings. The van der Waals surface area contributed by atoms with Crippen LogP contribution in [0.1, 0.15) is 200 Å². The summed E-state index contributed by atoms with van der Waals surface area (Å²) >= 11 is 0. The van der Waals surface area contributed by atoms with E-state index in [0.717, 1.165) is 60.4 Å². The predicted molar refractivity (Wildman–Crippen MR) is 453 cm³/mol. The van der Waals surface area contributed by atoms with E-state index < -0.39 is 21.9 Å². The molecule has 0 amide bonds. The van der Waals surface area contributed by atoms with Crippen LogP contribution in [0.3, 0.4) is 0 Å². The minimum Gasteiger partial charge on any atom is -0.545 e. The summed E-state index contributed by atoms with van der Waals surface area (Å²) in [5.74, 6) is 2.85. The SMILES string of the molecule is CCCO/C(C)=C(/C=C(\C)C(C)(C)C)Cc1cc(C(C)(C)C)cc(Cc2cc(C(C)(C)C)cc(C(OC[PH+](c3ccccc3)c3ccccc3)c3cc(CC)cc(C(C)(C)C)c3)c2OCCC)c1OCCC.COC[PH+](c1ccccc1)c1ccccc1.[CH-]=O.[CH-]=O.[CH-]=O.[CH-]=O.[CH-]=O.[CH-]=O.[CH-]=O.[CH-]=O.[CH-]=O.[CH3-].[Ir+3].[Ir+3].[Ir+3].[Ir]. The molecule has 7 rings (SSSR count). The van der Waals surface area contributed by atoms with Gasteiger partial charge in [0.2, 0.25) is 0 Å². The van der Waals surface area contributed by atoms with Crippen LogP contribution in [0.4, 0.5) is 0 Å². The molecule has 0 aromatic heterocycles. The molecular formula is C91H122Ir4O14P2+. The second kappa shape index (κ2) is 70.5. The van der Waals surface area contributed by atoms with E-state index >= 15 is 0 Å². The van der Waals surface area contributed by atoms with Crippen LogP contribution < -0.4 is 30.7 Å². The zero-order valence-electron chi connectivity index (χ0n) is 68.8. The third kappa shape index (κ3) is 44.3. The summed E-state index contributed by atoms with van der Waals surface area (Å²) < 4.78 is 33.7. The van der Waals surface area contributed by atoms with Gasteiger partial charge in [-0.15, -0.1) is 0 Å². The fraction of sp³-hybridized carbons (Fsp3) is 0.385. The van der Waals surface area contributed by atoms with Crippen LogP contribution >= 0.6 is 15.8 Å². The Labute approximate surface area is 725 Å². The second-order valence-corrected chi connectivity index (χ2v) is 32.6. The molecule has 0 saturated heterocycles. The van der Waals surface area contributed by atoms with Gasteiger partial charge in [0.25, 0.3) is 0 Å². The van der Waals surface area contributed by atoms with Crippen LogP contribution in [0.15, 0.2) is 187 Å². The smallest absolute Gasteiger partial charge is 0.545 e. The summed E-state index contributed by atoms with van der Waals surface area (Å²) in [6.07, 6.45) is 8.36. The Hall–Kier alpha value is -6.17. The van der Waals surface area contributed by atoms with E-state index in [2.05, 4.69) is 356 Å². The van der Waals surface area contributed by atoms with E-state index in [1.807, 2.05) is 0 Å². The van der Waals surface area contributed by atoms with Crippen molar-refractivity contribution in [3.63, 3.8) is 0 Å². The van der Waals surface area contributed by atoms with Gasteiger partial charge in [-0.25, -0.2) is 0 Å². The zero-order chi connectivity index (χ0) is 82.2. The topological polar surface area (TPSA) is 200 Å². The molecule has 20 heteroatoms. The molecule has 0 fully saturated rings. The molecule has 0 saturated carbocycles. The van der Waals surface area contributed by atoms with Gasteiger partial charge in [-0.05, 0) is 166 Å². The number of hydrogen-bond donors (Lipinski definition) is 0. The van der Waals surface area contributed by atoms with E-state index in [0.29, 0.717) is 39.0 Å². The molecule has 0 N–H and O–H groups in total. The van der Waals surface area contributed by atoms with Crippen LogP contribution in [0.2, 0.25) is 0 Å². The summed E-state index contributed by atoms with van der Waals surface area (Å²) in [6.45, 7) is 72.2. The van der Waals surface area contributed by atoms with Crippen molar-refractivity contribution in [1.29, 1.82) is 0 Å². The van der Waals surface area contributed by atoms with Crippen LogP contribution in [-0.2, 0) is 173 Å². The molecule has 0 aliphatic carbocycles. The van der Waals surface area contributed by atoms with E-state index in [4.69, 9.17) is 66.8 Å². The number of rotatable bonds is 26. The van der Waals surface area contributed by atoms with Gasteiger partial charge in [0.1, 0.15) is 17.6 Å². The molecule has 1 atom stereocenters. The Bertz CT molecular complexity index is 3420. The van der Waals surface area contributed by atoms with E-state index in [1.165, 1.54) is 71.3 Å². The molecule has 14 nitrogen and oxygen atoms in total. The number of hydrogen-bond acceptors (Lipinski definition) is 14. The first-order chi connectivity index (χ1) is 50.8. The summed E-state index contributed by atoms with van der Waals surface area (Å²) in [7, 11) is -0.357. The van der Waals surface area contributed by atoms with Gasteiger partial charge in [0.15, 0.2) is 12.7 Å². The van der Waals surface area contributed by atoms with Crippen molar-refractivity contribution < 1.29 is 147 Å². The Kier molecular flexibility index (Phi) is 78.1. The Morgan fingerprint density at radius 1 is 0.432 bits per heavy atom. The second-order valence-electron chi connectivity index (χ2n) is 27.8. The van der Waals surface area contributed by atoms with Gasteiger partial charge >= 0.3 is 60.3 Å². The third-order valence-electron chi connectivity index (χ3n) is 16.4. The molecule has 0 heterocycles. The Morgan fingerprint density at radius 2 is 0.766 bits per heavy atom. The maximum Gasteiger partial charge on any atom is 3.00 e. The average molecular weight is 2270 g/mol. The first-order valence-electron chi connectivity index (χ1n) is 34.7. The largest absolute Gasteiger partial charge is 3.00 e. The fourth-order valence-corrected chi connectivity index (χ4v) is 14.9. The number of carbonyl (C=O) groups excluding carboxylic acids is 9. The molecular weight excluding hydrogens is 2150 g/mol. The first-order valence-corrected chi connectivity index (χ1v) is 38.1. The molecule has 0 aliphatic heterocycles. The molecule has 1 radical (unpaired) electrons. The van der Waals surface area contributed by atoms with Crippen LogP contribution in [0.5, 0.6) is 11.5 Å². The van der Waals surface area contributed by atoms with Gasteiger partial charge in [0, 0.05) is 45.6 Å². The van der Waals surface area contributed by atoms with Gasteiger partial charge in [-0.1, -0.05) is 232 Å². The number of benzene rings is 7. The van der Waals surface area contributed by atoms with Crippen molar-refractivity contribution in [3.05, 3.63) is 244 Å². The average Bonchev–Trinajstić information content (AvgIpc) is 0.765. The molecule has 0 bridgehead atoms. The monoisotopic (exact) mass is 2270 g/mol. The zero-order valence-corrected chi connectivity index (χ0v) is 80.3. The van der Waals surface area contributed by atoms with Crippen molar-refractivity contribution in [1.82, 2.24) is 0 Å². The van der Waals surface area contributed by atoms with Gasteiger partial charge < -0.3 is 74.3 Å². The normalized spacial score (nSPS) is 10.7. The summed E-state index contributed by atoms with van der Waals surface area (Å²) in [5.41, 5.74) is 13.1. The number of ether oxygens (including phenoxy) is 5. The van der Waals surface area contributed by atoms with Crippen molar-refractivity contribution >= 4 is 98.2 Å². The van der Waals surface area contributed by atoms with Gasteiger partial charge in [-0.3, -0.25) is 61.1 Å². The van der Waals surface area contributed by atoms with Crippen molar-refractivity contribution in [3.8, 4) is 11.5 Å². The fourth-order valence-electron chi connectivity index (χ4n) is 10.6. The molecule has 7 aromatic carbocycles. The minimum atomic E-state index is -1.36. The van der Waals surface area contributed by atoms with Crippen molar-refractivity contribution in [2.75, 3.05) is 39.6 Å². The first kappa shape index (κ1) is 123. The standard InChI is InChI=1S/C67H93O4P.C14H15OP.9CHO.CH3.4Ir/c1-19-33-68-48(6)50(36-47(5)64(7,8)9)39-52-42-56(66(13,14)15)43-53(61(52)69-34-20-2)40-54-44-57(67(16,17)18)45-60(62(54)70-35-21-3)63(51-37-49(22-4)38-55(41-51)65(10,11)12)71-46-72(58-29-25-23-26-30-58)59-31-27-24-28-32-59;1-15-12-16(13-8-4-2-5-9-13)14-10-6-3-7-11-14;9*1-2;;;;;/h23-32,36-38,41-45,63H,19-22,33-35,39-40,46H2,1-18H3;2-11H,12H2,1H3;9*1H;1H3;;;;/q;;10*-1;;3*+3/p+2/b47-36+,50-48-;;;;;;;;;;;;;;;. The quantitative estimate of drug-likeness (QED) is 0.0163. The van der Waals surface area contributed by atoms with Crippen LogP contribution in [-0.4, -0.2) is 101 Å². The van der Waals surface area contributed by atoms with E-state index in [1.54, 1.807) is 7.11 Å². The maximum atomic E-state index is 7.75. The Morgan fingerprint density at radius 3 is 1.11 bits per heavy atom. The molecule has 7 aromatic rings. The molecule has 111 heavy (non-hydrogen) atoms. The number of allylic oxidation sites excluding steroid dienone is 4. The summed E-state index contributed by atoms with van der Waals surface area (Å²) in [4.78, 5) is 69.8. The molecule has 1 unspecified atom stereocenters. The van der Waals surface area contributed by atoms with Crippen molar-refractivity contribution in [2.24, 2.45) is 5.41 Å². The van der Waals surface area contributed by atoms with E-state index in [9.17, 15) is 0 Å². The third-order valence-corrected chi connectivity index (χ3v) is 21.6. The van der Waals surface area contributed by atoms with Gasteiger partial charge in [0.05, 0.1) is 62.6 Å². The predicted octanol–water partition coefficient (Wildman–Crippen LogP) is 17.9. The number of methoxy groups -OCH3 is 1.